The summed E-state index contributed by atoms with van der Waals surface area (Å²) in [6.45, 7) is 10.7. The molecule has 0 unspecified atom stereocenters. The molecule has 186 valence electrons. The first-order chi connectivity index (χ1) is 17.0. The molecule has 4 aromatic rings. The van der Waals surface area contributed by atoms with Gasteiger partial charge in [-0.2, -0.15) is 5.10 Å². The summed E-state index contributed by atoms with van der Waals surface area (Å²) < 4.78 is 7.41. The first kappa shape index (κ1) is 23.1. The van der Waals surface area contributed by atoms with E-state index in [9.17, 15) is 0 Å². The summed E-state index contributed by atoms with van der Waals surface area (Å²) in [7, 11) is 0. The van der Waals surface area contributed by atoms with E-state index in [1.807, 2.05) is 15.9 Å². The molecule has 4 aromatic heterocycles. The zero-order valence-corrected chi connectivity index (χ0v) is 22.0. The van der Waals surface area contributed by atoms with Gasteiger partial charge in [-0.15, -0.1) is 11.3 Å². The molecule has 0 amide bonds. The minimum Gasteiger partial charge on any atom is -0.381 e. The van der Waals surface area contributed by atoms with E-state index in [4.69, 9.17) is 9.72 Å². The highest BCUT2D eigenvalue weighted by atomic mass is 32.1. The number of aromatic amines is 1. The Labute approximate surface area is 210 Å². The Hall–Kier alpha value is -2.29. The third kappa shape index (κ3) is 4.19. The van der Waals surface area contributed by atoms with E-state index in [-0.39, 0.29) is 0 Å². The van der Waals surface area contributed by atoms with Crippen molar-refractivity contribution in [2.24, 2.45) is 0 Å². The Bertz CT molecular complexity index is 1340. The van der Waals surface area contributed by atoms with E-state index < -0.39 is 0 Å². The van der Waals surface area contributed by atoms with E-state index in [1.54, 1.807) is 6.33 Å². The van der Waals surface area contributed by atoms with Crippen LogP contribution in [0.15, 0.2) is 12.5 Å². The van der Waals surface area contributed by atoms with Crippen molar-refractivity contribution in [3.05, 3.63) is 34.2 Å². The number of nitrogens with zero attached hydrogens (tertiary/aromatic N) is 4. The predicted molar refractivity (Wildman–Crippen MR) is 141 cm³/mol. The van der Waals surface area contributed by atoms with Crippen molar-refractivity contribution >= 4 is 27.3 Å². The van der Waals surface area contributed by atoms with Crippen LogP contribution < -0.4 is 5.32 Å². The molecular weight excluding hydrogens is 456 g/mol. The summed E-state index contributed by atoms with van der Waals surface area (Å²) in [5.74, 6) is 0.951. The van der Waals surface area contributed by atoms with Gasteiger partial charge in [0.2, 0.25) is 0 Å². The average Bonchev–Trinajstić information content (AvgIpc) is 3.57. The normalized spacial score (nSPS) is 22.1. The van der Waals surface area contributed by atoms with E-state index in [0.717, 1.165) is 37.2 Å². The van der Waals surface area contributed by atoms with Crippen molar-refractivity contribution in [3.8, 4) is 11.3 Å². The molecule has 8 heteroatoms. The van der Waals surface area contributed by atoms with Crippen molar-refractivity contribution < 1.29 is 4.74 Å². The second-order valence-corrected chi connectivity index (χ2v) is 11.8. The summed E-state index contributed by atoms with van der Waals surface area (Å²) in [6, 6.07) is 1.29. The fourth-order valence-corrected chi connectivity index (χ4v) is 7.16. The number of rotatable bonds is 5. The monoisotopic (exact) mass is 492 g/mol. The van der Waals surface area contributed by atoms with Gasteiger partial charge < -0.3 is 15.0 Å². The number of aryl methyl sites for hydroxylation is 1. The summed E-state index contributed by atoms with van der Waals surface area (Å²) in [4.78, 5) is 14.7. The van der Waals surface area contributed by atoms with Crippen LogP contribution in [0.2, 0.25) is 0 Å². The number of hydrogen-bond donors (Lipinski definition) is 2. The average molecular weight is 493 g/mol. The Balaban J connectivity index is 1.26. The van der Waals surface area contributed by atoms with Gasteiger partial charge in [0.25, 0.3) is 0 Å². The molecule has 5 heterocycles. The van der Waals surface area contributed by atoms with Crippen molar-refractivity contribution in [3.63, 3.8) is 0 Å². The smallest absolute Gasteiger partial charge is 0.158 e. The molecule has 7 nitrogen and oxygen atoms in total. The maximum Gasteiger partial charge on any atom is 0.158 e. The molecule has 1 saturated heterocycles. The van der Waals surface area contributed by atoms with Crippen LogP contribution in [-0.4, -0.2) is 49.9 Å². The number of ether oxygens (including phenoxy) is 1. The summed E-state index contributed by atoms with van der Waals surface area (Å²) in [5.41, 5.74) is 8.20. The topological polar surface area (TPSA) is 80.1 Å². The molecule has 0 atom stereocenters. The summed E-state index contributed by atoms with van der Waals surface area (Å²) in [5, 5.41) is 9.62. The Morgan fingerprint density at radius 3 is 2.54 bits per heavy atom. The van der Waals surface area contributed by atoms with E-state index >= 15 is 0 Å². The number of aromatic nitrogens is 5. The molecule has 35 heavy (non-hydrogen) atoms. The van der Waals surface area contributed by atoms with Gasteiger partial charge in [0, 0.05) is 48.5 Å². The van der Waals surface area contributed by atoms with Crippen LogP contribution in [0, 0.1) is 13.8 Å². The molecule has 2 aliphatic rings. The van der Waals surface area contributed by atoms with Gasteiger partial charge in [0.05, 0.1) is 10.7 Å². The van der Waals surface area contributed by atoms with E-state index in [1.165, 1.54) is 63.5 Å². The Kier molecular flexibility index (Phi) is 6.15. The van der Waals surface area contributed by atoms with Crippen molar-refractivity contribution in [1.82, 2.24) is 29.9 Å². The van der Waals surface area contributed by atoms with Crippen molar-refractivity contribution in [2.45, 2.75) is 90.1 Å². The SMILES string of the molecule is Cc1c(-c2[nH]c3sc(C4CCC(NC5CCOCC5)CC4)nc3c2C(C)C)cn2ncnc2c1C. The number of nitrogens with one attached hydrogen (secondary N) is 2. The second kappa shape index (κ2) is 9.30. The fourth-order valence-electron chi connectivity index (χ4n) is 6.01. The van der Waals surface area contributed by atoms with Gasteiger partial charge >= 0.3 is 0 Å². The second-order valence-electron chi connectivity index (χ2n) is 10.7. The molecule has 1 saturated carbocycles. The number of fused-ring (bicyclic) bond motifs is 2. The molecular formula is C27H36N6OS. The molecule has 1 aliphatic heterocycles. The quantitative estimate of drug-likeness (QED) is 0.364. The number of pyridine rings is 1. The number of hydrogen-bond acceptors (Lipinski definition) is 6. The largest absolute Gasteiger partial charge is 0.381 e. The summed E-state index contributed by atoms with van der Waals surface area (Å²) in [6.07, 6.45) is 11.0. The van der Waals surface area contributed by atoms with Gasteiger partial charge in [-0.3, -0.25) is 0 Å². The fraction of sp³-hybridized carbons (Fsp3) is 0.593. The minimum absolute atomic E-state index is 0.374. The molecule has 0 aromatic carbocycles. The molecule has 2 N–H and O–H groups in total. The lowest BCUT2D eigenvalue weighted by atomic mass is 9.85. The van der Waals surface area contributed by atoms with Crippen LogP contribution in [-0.2, 0) is 4.74 Å². The Morgan fingerprint density at radius 1 is 1.06 bits per heavy atom. The van der Waals surface area contributed by atoms with Gasteiger partial charge in [0.15, 0.2) is 5.65 Å². The lowest BCUT2D eigenvalue weighted by Crippen LogP contribution is -2.43. The van der Waals surface area contributed by atoms with Gasteiger partial charge in [-0.25, -0.2) is 14.5 Å². The molecule has 0 radical (unpaired) electrons. The summed E-state index contributed by atoms with van der Waals surface area (Å²) >= 11 is 1.86. The molecule has 0 bridgehead atoms. The third-order valence-electron chi connectivity index (χ3n) is 8.15. The van der Waals surface area contributed by atoms with Crippen LogP contribution in [0.5, 0.6) is 0 Å². The van der Waals surface area contributed by atoms with Gasteiger partial charge in [-0.1, -0.05) is 13.8 Å². The maximum absolute atomic E-state index is 5.52. The van der Waals surface area contributed by atoms with E-state index in [0.29, 0.717) is 23.9 Å². The zero-order chi connectivity index (χ0) is 24.1. The first-order valence-electron chi connectivity index (χ1n) is 13.2. The highest BCUT2D eigenvalue weighted by Crippen LogP contribution is 2.43. The molecule has 6 rings (SSSR count). The van der Waals surface area contributed by atoms with Crippen molar-refractivity contribution in [2.75, 3.05) is 13.2 Å². The van der Waals surface area contributed by atoms with Gasteiger partial charge in [-0.05, 0) is 69.4 Å². The van der Waals surface area contributed by atoms with Crippen LogP contribution in [0.25, 0.3) is 27.3 Å². The molecule has 2 fully saturated rings. The van der Waals surface area contributed by atoms with Crippen LogP contribution in [0.3, 0.4) is 0 Å². The maximum atomic E-state index is 5.52. The Morgan fingerprint density at radius 2 is 1.80 bits per heavy atom. The number of thiazole rings is 1. The lowest BCUT2D eigenvalue weighted by Gasteiger charge is -2.33. The van der Waals surface area contributed by atoms with Crippen LogP contribution >= 0.6 is 11.3 Å². The van der Waals surface area contributed by atoms with Crippen LogP contribution in [0.4, 0.5) is 0 Å². The lowest BCUT2D eigenvalue weighted by molar-refractivity contribution is 0.0729. The predicted octanol–water partition coefficient (Wildman–Crippen LogP) is 5.87. The molecule has 1 aliphatic carbocycles. The molecule has 0 spiro atoms. The van der Waals surface area contributed by atoms with Gasteiger partial charge in [0.1, 0.15) is 16.7 Å². The highest BCUT2D eigenvalue weighted by molar-refractivity contribution is 7.18. The van der Waals surface area contributed by atoms with Crippen LogP contribution in [0.1, 0.15) is 85.9 Å². The number of H-pyrrole nitrogens is 1. The third-order valence-corrected chi connectivity index (χ3v) is 9.28. The zero-order valence-electron chi connectivity index (χ0n) is 21.2. The minimum atomic E-state index is 0.374. The standard InChI is InChI=1S/C27H36N6OS/c1-15(2)22-23(21-13-33-25(28-14-29-33)17(4)16(21)3)31-27-24(22)32-26(35-27)18-5-7-19(8-6-18)30-20-9-11-34-12-10-20/h13-15,18-20,30-31H,5-12H2,1-4H3. The highest BCUT2D eigenvalue weighted by Gasteiger charge is 2.29. The van der Waals surface area contributed by atoms with Crippen molar-refractivity contribution in [1.29, 1.82) is 0 Å². The first-order valence-corrected chi connectivity index (χ1v) is 14.0. The van der Waals surface area contributed by atoms with E-state index in [2.05, 4.69) is 54.3 Å².